The average molecular weight is 292 g/mol. The minimum atomic E-state index is -0.244. The number of rotatable bonds is 3. The maximum atomic E-state index is 6.41. The molecule has 1 aromatic carbocycles. The van der Waals surface area contributed by atoms with Gasteiger partial charge in [0, 0.05) is 11.2 Å². The lowest BCUT2D eigenvalue weighted by Crippen LogP contribution is -2.17. The van der Waals surface area contributed by atoms with E-state index in [1.165, 1.54) is 10.1 Å². The van der Waals surface area contributed by atoms with Gasteiger partial charge in [-0.3, -0.25) is 4.68 Å². The first-order valence-corrected chi connectivity index (χ1v) is 7.41. The highest BCUT2D eigenvalue weighted by atomic mass is 35.5. The van der Waals surface area contributed by atoms with E-state index in [4.69, 9.17) is 17.3 Å². The molecule has 0 aliphatic rings. The zero-order chi connectivity index (χ0) is 13.4. The monoisotopic (exact) mass is 291 g/mol. The Bertz CT molecular complexity index is 716. The average Bonchev–Trinajstić information content (AvgIpc) is 3.01. The number of nitrogens with zero attached hydrogens (tertiary/aromatic N) is 2. The van der Waals surface area contributed by atoms with E-state index < -0.39 is 0 Å². The standard InChI is InChI=1S/C14H14ClN3S/c1-2-18-14(11(15)7-17-18)13(16)10-8-19-12-6-4-3-5-9(10)12/h3-8,13H,2,16H2,1H3. The summed E-state index contributed by atoms with van der Waals surface area (Å²) in [5.74, 6) is 0. The maximum Gasteiger partial charge on any atom is 0.0837 e. The van der Waals surface area contributed by atoms with E-state index in [0.29, 0.717) is 5.02 Å². The molecular formula is C14H14ClN3S. The van der Waals surface area contributed by atoms with Gasteiger partial charge in [0.2, 0.25) is 0 Å². The summed E-state index contributed by atoms with van der Waals surface area (Å²) in [5.41, 5.74) is 8.40. The number of aromatic nitrogens is 2. The molecule has 98 valence electrons. The number of thiophene rings is 1. The summed E-state index contributed by atoms with van der Waals surface area (Å²) >= 11 is 7.93. The van der Waals surface area contributed by atoms with Crippen molar-refractivity contribution in [3.63, 3.8) is 0 Å². The van der Waals surface area contributed by atoms with E-state index in [0.717, 1.165) is 17.8 Å². The van der Waals surface area contributed by atoms with Crippen LogP contribution in [0.25, 0.3) is 10.1 Å². The van der Waals surface area contributed by atoms with Crippen molar-refractivity contribution in [2.24, 2.45) is 5.73 Å². The highest BCUT2D eigenvalue weighted by molar-refractivity contribution is 7.17. The second kappa shape index (κ2) is 4.96. The van der Waals surface area contributed by atoms with Crippen LogP contribution in [0.3, 0.4) is 0 Å². The topological polar surface area (TPSA) is 43.8 Å². The molecule has 0 aliphatic heterocycles. The number of benzene rings is 1. The predicted octanol–water partition coefficient (Wildman–Crippen LogP) is 3.82. The number of hydrogen-bond acceptors (Lipinski definition) is 3. The molecule has 19 heavy (non-hydrogen) atoms. The molecule has 5 heteroatoms. The lowest BCUT2D eigenvalue weighted by Gasteiger charge is -2.13. The zero-order valence-electron chi connectivity index (χ0n) is 10.5. The molecule has 2 aromatic heterocycles. The molecule has 0 saturated carbocycles. The van der Waals surface area contributed by atoms with Crippen LogP contribution in [0.4, 0.5) is 0 Å². The van der Waals surface area contributed by atoms with Crippen LogP contribution in [0.15, 0.2) is 35.8 Å². The van der Waals surface area contributed by atoms with Crippen LogP contribution in [-0.4, -0.2) is 9.78 Å². The van der Waals surface area contributed by atoms with Crippen molar-refractivity contribution in [3.8, 4) is 0 Å². The van der Waals surface area contributed by atoms with Crippen molar-refractivity contribution >= 4 is 33.0 Å². The predicted molar refractivity (Wildman–Crippen MR) is 80.8 cm³/mol. The molecule has 3 nitrogen and oxygen atoms in total. The van der Waals surface area contributed by atoms with Gasteiger partial charge in [0.25, 0.3) is 0 Å². The molecule has 0 bridgehead atoms. The molecule has 0 aliphatic carbocycles. The zero-order valence-corrected chi connectivity index (χ0v) is 12.1. The lowest BCUT2D eigenvalue weighted by molar-refractivity contribution is 0.602. The van der Waals surface area contributed by atoms with Crippen LogP contribution < -0.4 is 5.73 Å². The summed E-state index contributed by atoms with van der Waals surface area (Å²) in [6.07, 6.45) is 1.66. The normalized spacial score (nSPS) is 13.0. The smallest absolute Gasteiger partial charge is 0.0837 e. The van der Waals surface area contributed by atoms with Crippen LogP contribution in [0, 0.1) is 0 Å². The molecule has 0 fully saturated rings. The van der Waals surface area contributed by atoms with Crippen LogP contribution >= 0.6 is 22.9 Å². The number of halogens is 1. The molecule has 2 heterocycles. The Morgan fingerprint density at radius 1 is 1.42 bits per heavy atom. The minimum Gasteiger partial charge on any atom is -0.319 e. The Balaban J connectivity index is 2.13. The summed E-state index contributed by atoms with van der Waals surface area (Å²) in [7, 11) is 0. The van der Waals surface area contributed by atoms with Gasteiger partial charge >= 0.3 is 0 Å². The minimum absolute atomic E-state index is 0.244. The van der Waals surface area contributed by atoms with Crippen molar-refractivity contribution in [2.75, 3.05) is 0 Å². The van der Waals surface area contributed by atoms with Crippen molar-refractivity contribution in [2.45, 2.75) is 19.5 Å². The Kier molecular flexibility index (Phi) is 3.31. The Labute approximate surface area is 120 Å². The highest BCUT2D eigenvalue weighted by Gasteiger charge is 2.20. The van der Waals surface area contributed by atoms with Gasteiger partial charge in [-0.2, -0.15) is 5.10 Å². The second-order valence-corrected chi connectivity index (χ2v) is 5.68. The summed E-state index contributed by atoms with van der Waals surface area (Å²) < 4.78 is 3.10. The molecule has 0 saturated heterocycles. The van der Waals surface area contributed by atoms with Crippen LogP contribution in [0.2, 0.25) is 5.02 Å². The molecule has 2 N–H and O–H groups in total. The fourth-order valence-electron chi connectivity index (χ4n) is 2.32. The van der Waals surface area contributed by atoms with Crippen molar-refractivity contribution in [1.29, 1.82) is 0 Å². The highest BCUT2D eigenvalue weighted by Crippen LogP contribution is 2.34. The third kappa shape index (κ3) is 2.06. The first kappa shape index (κ1) is 12.7. The molecule has 1 atom stereocenters. The molecule has 0 amide bonds. The van der Waals surface area contributed by atoms with Crippen LogP contribution in [0.1, 0.15) is 24.2 Å². The van der Waals surface area contributed by atoms with E-state index in [1.807, 2.05) is 23.7 Å². The number of aryl methyl sites for hydroxylation is 1. The van der Waals surface area contributed by atoms with Gasteiger partial charge in [0.1, 0.15) is 0 Å². The third-order valence-electron chi connectivity index (χ3n) is 3.27. The Morgan fingerprint density at radius 2 is 2.21 bits per heavy atom. The Hall–Kier alpha value is -1.36. The van der Waals surface area contributed by atoms with E-state index in [-0.39, 0.29) is 6.04 Å². The fourth-order valence-corrected chi connectivity index (χ4v) is 3.58. The van der Waals surface area contributed by atoms with E-state index in [9.17, 15) is 0 Å². The van der Waals surface area contributed by atoms with Crippen LogP contribution in [0.5, 0.6) is 0 Å². The van der Waals surface area contributed by atoms with E-state index >= 15 is 0 Å². The van der Waals surface area contributed by atoms with Gasteiger partial charge in [-0.05, 0) is 29.3 Å². The van der Waals surface area contributed by atoms with Gasteiger partial charge < -0.3 is 5.73 Å². The summed E-state index contributed by atoms with van der Waals surface area (Å²) in [6, 6.07) is 8.03. The van der Waals surface area contributed by atoms with Crippen molar-refractivity contribution in [1.82, 2.24) is 9.78 Å². The summed E-state index contributed by atoms with van der Waals surface area (Å²) in [4.78, 5) is 0. The van der Waals surface area contributed by atoms with E-state index in [2.05, 4.69) is 22.6 Å². The van der Waals surface area contributed by atoms with Crippen LogP contribution in [-0.2, 0) is 6.54 Å². The van der Waals surface area contributed by atoms with Crippen molar-refractivity contribution in [3.05, 3.63) is 52.1 Å². The summed E-state index contributed by atoms with van der Waals surface area (Å²) in [6.45, 7) is 2.79. The van der Waals surface area contributed by atoms with Gasteiger partial charge in [0.05, 0.1) is 23.0 Å². The Morgan fingerprint density at radius 3 is 3.00 bits per heavy atom. The lowest BCUT2D eigenvalue weighted by atomic mass is 10.0. The molecule has 0 radical (unpaired) electrons. The van der Waals surface area contributed by atoms with Gasteiger partial charge in [-0.25, -0.2) is 0 Å². The molecule has 0 spiro atoms. The van der Waals surface area contributed by atoms with Gasteiger partial charge in [-0.15, -0.1) is 11.3 Å². The largest absolute Gasteiger partial charge is 0.319 e. The third-order valence-corrected chi connectivity index (χ3v) is 4.55. The first-order chi connectivity index (χ1) is 9.22. The quantitative estimate of drug-likeness (QED) is 0.797. The van der Waals surface area contributed by atoms with Gasteiger partial charge in [-0.1, -0.05) is 29.8 Å². The number of hydrogen-bond donors (Lipinski definition) is 1. The summed E-state index contributed by atoms with van der Waals surface area (Å²) in [5, 5.41) is 8.19. The van der Waals surface area contributed by atoms with Crippen molar-refractivity contribution < 1.29 is 0 Å². The maximum absolute atomic E-state index is 6.41. The fraction of sp³-hybridized carbons (Fsp3) is 0.214. The first-order valence-electron chi connectivity index (χ1n) is 6.15. The SMILES string of the molecule is CCn1ncc(Cl)c1C(N)c1csc2ccccc12. The number of fused-ring (bicyclic) bond motifs is 1. The molecule has 3 rings (SSSR count). The second-order valence-electron chi connectivity index (χ2n) is 4.36. The van der Waals surface area contributed by atoms with E-state index in [1.54, 1.807) is 17.5 Å². The number of nitrogens with two attached hydrogens (primary N) is 1. The molecule has 3 aromatic rings. The molecular weight excluding hydrogens is 278 g/mol. The molecule has 1 unspecified atom stereocenters. The van der Waals surface area contributed by atoms with Gasteiger partial charge in [0.15, 0.2) is 0 Å².